The van der Waals surface area contributed by atoms with Gasteiger partial charge in [-0.1, -0.05) is 29.8 Å². The lowest BCUT2D eigenvalue weighted by atomic mass is 10.2. The fraction of sp³-hybridized carbons (Fsp3) is 0.200. The van der Waals surface area contributed by atoms with Crippen LogP contribution < -0.4 is 10.5 Å². The van der Waals surface area contributed by atoms with Gasteiger partial charge in [-0.2, -0.15) is 0 Å². The summed E-state index contributed by atoms with van der Waals surface area (Å²) in [4.78, 5) is 0.928. The number of thioether (sulfide) groups is 1. The van der Waals surface area contributed by atoms with E-state index < -0.39 is 0 Å². The van der Waals surface area contributed by atoms with E-state index in [0.29, 0.717) is 17.3 Å². The maximum Gasteiger partial charge on any atom is 0.119 e. The van der Waals surface area contributed by atoms with E-state index in [1.165, 1.54) is 5.56 Å². The third kappa shape index (κ3) is 4.08. The molecule has 100 valence electrons. The Bertz CT molecular complexity index is 539. The van der Waals surface area contributed by atoms with E-state index in [2.05, 4.69) is 0 Å². The Hall–Kier alpha value is -1.32. The molecule has 4 heteroatoms. The minimum atomic E-state index is 0.624. The number of ether oxygens (including phenoxy) is 1. The van der Waals surface area contributed by atoms with Crippen LogP contribution in [0.5, 0.6) is 5.75 Å². The van der Waals surface area contributed by atoms with Gasteiger partial charge in [-0.3, -0.25) is 0 Å². The second-order valence-corrected chi connectivity index (χ2v) is 5.68. The van der Waals surface area contributed by atoms with Crippen molar-refractivity contribution < 1.29 is 4.74 Å². The number of aryl methyl sites for hydroxylation is 1. The van der Waals surface area contributed by atoms with Gasteiger partial charge in [0.25, 0.3) is 0 Å². The molecule has 19 heavy (non-hydrogen) atoms. The molecule has 2 rings (SSSR count). The molecule has 0 aliphatic heterocycles. The average Bonchev–Trinajstić information content (AvgIpc) is 2.37. The molecule has 0 saturated carbocycles. The normalized spacial score (nSPS) is 10.4. The summed E-state index contributed by atoms with van der Waals surface area (Å²) in [6.07, 6.45) is 0. The Morgan fingerprint density at radius 1 is 1.21 bits per heavy atom. The van der Waals surface area contributed by atoms with Crippen LogP contribution in [0.4, 0.5) is 5.69 Å². The summed E-state index contributed by atoms with van der Waals surface area (Å²) in [5.41, 5.74) is 7.80. The van der Waals surface area contributed by atoms with Gasteiger partial charge in [0, 0.05) is 16.3 Å². The van der Waals surface area contributed by atoms with E-state index in [4.69, 9.17) is 22.1 Å². The number of halogens is 1. The highest BCUT2D eigenvalue weighted by Gasteiger charge is 2.04. The second-order valence-electron chi connectivity index (χ2n) is 4.17. The monoisotopic (exact) mass is 293 g/mol. The number of hydrogen-bond donors (Lipinski definition) is 1. The smallest absolute Gasteiger partial charge is 0.119 e. The average molecular weight is 294 g/mol. The quantitative estimate of drug-likeness (QED) is 0.504. The number of anilines is 1. The number of benzene rings is 2. The molecule has 0 spiro atoms. The van der Waals surface area contributed by atoms with Gasteiger partial charge in [-0.25, -0.2) is 0 Å². The van der Waals surface area contributed by atoms with Crippen LogP contribution in [0.1, 0.15) is 5.56 Å². The molecule has 0 aromatic heterocycles. The van der Waals surface area contributed by atoms with Crippen LogP contribution in [0.25, 0.3) is 0 Å². The van der Waals surface area contributed by atoms with Crippen LogP contribution in [0.15, 0.2) is 47.4 Å². The van der Waals surface area contributed by atoms with Gasteiger partial charge in [0.15, 0.2) is 0 Å². The second kappa shape index (κ2) is 6.73. The van der Waals surface area contributed by atoms with E-state index in [9.17, 15) is 0 Å². The molecule has 0 aliphatic carbocycles. The fourth-order valence-corrected chi connectivity index (χ4v) is 2.84. The van der Waals surface area contributed by atoms with Crippen molar-refractivity contribution in [1.82, 2.24) is 0 Å². The van der Waals surface area contributed by atoms with Gasteiger partial charge < -0.3 is 10.5 Å². The van der Waals surface area contributed by atoms with Crippen molar-refractivity contribution in [3.63, 3.8) is 0 Å². The Morgan fingerprint density at radius 2 is 2.00 bits per heavy atom. The maximum atomic E-state index is 6.10. The lowest BCUT2D eigenvalue weighted by Gasteiger charge is -2.09. The van der Waals surface area contributed by atoms with E-state index in [1.54, 1.807) is 11.8 Å². The summed E-state index contributed by atoms with van der Waals surface area (Å²) in [5, 5.41) is 0.695. The molecule has 2 nitrogen and oxygen atoms in total. The first-order valence-corrected chi connectivity index (χ1v) is 7.39. The highest BCUT2D eigenvalue weighted by Crippen LogP contribution is 2.32. The predicted molar refractivity (Wildman–Crippen MR) is 83.3 cm³/mol. The lowest BCUT2D eigenvalue weighted by molar-refractivity contribution is 0.344. The zero-order chi connectivity index (χ0) is 13.7. The first-order chi connectivity index (χ1) is 9.16. The van der Waals surface area contributed by atoms with Crippen molar-refractivity contribution >= 4 is 29.1 Å². The third-order valence-corrected chi connectivity index (χ3v) is 4.13. The van der Waals surface area contributed by atoms with Crippen molar-refractivity contribution in [3.05, 3.63) is 53.1 Å². The number of nitrogen functional groups attached to an aromatic ring is 1. The van der Waals surface area contributed by atoms with E-state index >= 15 is 0 Å². The summed E-state index contributed by atoms with van der Waals surface area (Å²) in [6, 6.07) is 13.6. The van der Waals surface area contributed by atoms with Crippen molar-refractivity contribution in [2.24, 2.45) is 0 Å². The van der Waals surface area contributed by atoms with Crippen molar-refractivity contribution in [3.8, 4) is 5.75 Å². The van der Waals surface area contributed by atoms with Crippen molar-refractivity contribution in [2.75, 3.05) is 18.1 Å². The van der Waals surface area contributed by atoms with Gasteiger partial charge in [0.2, 0.25) is 0 Å². The molecule has 2 N–H and O–H groups in total. The van der Waals surface area contributed by atoms with Gasteiger partial charge in [0.05, 0.1) is 11.6 Å². The van der Waals surface area contributed by atoms with Gasteiger partial charge in [0.1, 0.15) is 5.75 Å². The van der Waals surface area contributed by atoms with Crippen LogP contribution in [0.2, 0.25) is 5.02 Å². The zero-order valence-corrected chi connectivity index (χ0v) is 12.3. The first kappa shape index (κ1) is 14.1. The number of nitrogens with two attached hydrogens (primary N) is 1. The summed E-state index contributed by atoms with van der Waals surface area (Å²) in [7, 11) is 0. The summed E-state index contributed by atoms with van der Waals surface area (Å²) < 4.78 is 5.68. The molecule has 0 bridgehead atoms. The summed E-state index contributed by atoms with van der Waals surface area (Å²) >= 11 is 7.72. The third-order valence-electron chi connectivity index (χ3n) is 2.59. The minimum absolute atomic E-state index is 0.624. The molecule has 0 aliphatic rings. The van der Waals surface area contributed by atoms with Crippen LogP contribution >= 0.6 is 23.4 Å². The standard InChI is InChI=1S/C15H16ClNOS/c1-11-4-2-5-12(10-11)18-8-9-19-15-13(16)6-3-7-14(15)17/h2-7,10H,8-9,17H2,1H3. The Kier molecular flexibility index (Phi) is 5.00. The predicted octanol–water partition coefficient (Wildman–Crippen LogP) is 4.40. The molecule has 0 heterocycles. The van der Waals surface area contributed by atoms with E-state index in [1.807, 2.05) is 49.4 Å². The van der Waals surface area contributed by atoms with Crippen LogP contribution in [-0.4, -0.2) is 12.4 Å². The number of rotatable bonds is 5. The molecule has 0 radical (unpaired) electrons. The zero-order valence-electron chi connectivity index (χ0n) is 10.7. The highest BCUT2D eigenvalue weighted by molar-refractivity contribution is 7.99. The van der Waals surface area contributed by atoms with E-state index in [-0.39, 0.29) is 0 Å². The minimum Gasteiger partial charge on any atom is -0.493 e. The van der Waals surface area contributed by atoms with E-state index in [0.717, 1.165) is 16.4 Å². The van der Waals surface area contributed by atoms with Gasteiger partial charge in [-0.15, -0.1) is 11.8 Å². The van der Waals surface area contributed by atoms with Crippen LogP contribution in [-0.2, 0) is 0 Å². The first-order valence-electron chi connectivity index (χ1n) is 6.03. The van der Waals surface area contributed by atoms with Crippen molar-refractivity contribution in [2.45, 2.75) is 11.8 Å². The van der Waals surface area contributed by atoms with Crippen LogP contribution in [0.3, 0.4) is 0 Å². The Morgan fingerprint density at radius 3 is 2.74 bits per heavy atom. The lowest BCUT2D eigenvalue weighted by Crippen LogP contribution is -2.01. The van der Waals surface area contributed by atoms with Crippen LogP contribution in [0, 0.1) is 6.92 Å². The molecule has 0 atom stereocenters. The topological polar surface area (TPSA) is 35.2 Å². The highest BCUT2D eigenvalue weighted by atomic mass is 35.5. The molecule has 2 aromatic carbocycles. The molecule has 0 saturated heterocycles. The van der Waals surface area contributed by atoms with Gasteiger partial charge in [-0.05, 0) is 36.8 Å². The summed E-state index contributed by atoms with van der Waals surface area (Å²) in [5.74, 6) is 1.70. The molecular weight excluding hydrogens is 278 g/mol. The molecule has 0 fully saturated rings. The summed E-state index contributed by atoms with van der Waals surface area (Å²) in [6.45, 7) is 2.67. The fourth-order valence-electron chi connectivity index (χ4n) is 1.69. The maximum absolute atomic E-state index is 6.10. The molecule has 2 aromatic rings. The Labute approximate surface area is 122 Å². The largest absolute Gasteiger partial charge is 0.493 e. The van der Waals surface area contributed by atoms with Crippen molar-refractivity contribution in [1.29, 1.82) is 0 Å². The van der Waals surface area contributed by atoms with Gasteiger partial charge >= 0.3 is 0 Å². The SMILES string of the molecule is Cc1cccc(OCCSc2c(N)cccc2Cl)c1. The molecule has 0 amide bonds. The molecular formula is C15H16ClNOS. The Balaban J connectivity index is 1.84. The number of hydrogen-bond acceptors (Lipinski definition) is 3. The molecule has 0 unspecified atom stereocenters.